The molecule has 29 heavy (non-hydrogen) atoms. The molecule has 1 aliphatic carbocycles. The van der Waals surface area contributed by atoms with Gasteiger partial charge in [0, 0.05) is 0 Å². The van der Waals surface area contributed by atoms with Crippen molar-refractivity contribution in [3.05, 3.63) is 70.8 Å². The Kier molecular flexibility index (Phi) is 6.64. The zero-order valence-corrected chi connectivity index (χ0v) is 16.2. The summed E-state index contributed by atoms with van der Waals surface area (Å²) < 4.78 is 10.1. The Morgan fingerprint density at radius 1 is 1.21 bits per heavy atom. The van der Waals surface area contributed by atoms with Crippen molar-refractivity contribution < 1.29 is 19.1 Å². The molecule has 3 rings (SSSR count). The van der Waals surface area contributed by atoms with E-state index < -0.39 is 12.6 Å². The molecular weight excluding hydrogens is 368 g/mol. The van der Waals surface area contributed by atoms with E-state index in [0.29, 0.717) is 11.3 Å². The zero-order valence-electron chi connectivity index (χ0n) is 16.2. The predicted octanol–water partition coefficient (Wildman–Crippen LogP) is 3.34. The van der Waals surface area contributed by atoms with Gasteiger partial charge in [0.1, 0.15) is 17.4 Å². The van der Waals surface area contributed by atoms with Crippen LogP contribution in [0.3, 0.4) is 0 Å². The largest absolute Gasteiger partial charge is 0.497 e. The SMILES string of the molecule is COc1ccc(/C=C(\C#N)C(=O)OCC(=O)NC2CCCc3ccccc32)cc1. The minimum absolute atomic E-state index is 0.0866. The molecule has 0 radical (unpaired) electrons. The summed E-state index contributed by atoms with van der Waals surface area (Å²) in [5.41, 5.74) is 2.82. The molecule has 0 saturated carbocycles. The van der Waals surface area contributed by atoms with Gasteiger partial charge >= 0.3 is 5.97 Å². The lowest BCUT2D eigenvalue weighted by Crippen LogP contribution is -2.34. The van der Waals surface area contributed by atoms with E-state index in [1.807, 2.05) is 24.3 Å². The molecule has 0 heterocycles. The van der Waals surface area contributed by atoms with E-state index in [0.717, 1.165) is 24.8 Å². The number of amides is 1. The Morgan fingerprint density at radius 2 is 1.97 bits per heavy atom. The first-order valence-corrected chi connectivity index (χ1v) is 9.41. The monoisotopic (exact) mass is 390 g/mol. The summed E-state index contributed by atoms with van der Waals surface area (Å²) in [5, 5.41) is 12.2. The number of ether oxygens (including phenoxy) is 2. The fourth-order valence-corrected chi connectivity index (χ4v) is 3.35. The van der Waals surface area contributed by atoms with Gasteiger partial charge < -0.3 is 14.8 Å². The molecule has 2 aromatic carbocycles. The third kappa shape index (κ3) is 5.23. The number of nitrogens with zero attached hydrogens (tertiary/aromatic N) is 1. The highest BCUT2D eigenvalue weighted by molar-refractivity contribution is 5.98. The predicted molar refractivity (Wildman–Crippen MR) is 108 cm³/mol. The summed E-state index contributed by atoms with van der Waals surface area (Å²) in [6, 6.07) is 16.6. The number of rotatable bonds is 6. The van der Waals surface area contributed by atoms with Gasteiger partial charge in [-0.25, -0.2) is 4.79 Å². The number of carbonyl (C=O) groups excluding carboxylic acids is 2. The van der Waals surface area contributed by atoms with Crippen LogP contribution >= 0.6 is 0 Å². The van der Waals surface area contributed by atoms with Crippen LogP contribution in [0.2, 0.25) is 0 Å². The molecule has 148 valence electrons. The van der Waals surface area contributed by atoms with Crippen molar-refractivity contribution in [1.82, 2.24) is 5.32 Å². The van der Waals surface area contributed by atoms with Crippen LogP contribution in [-0.4, -0.2) is 25.6 Å². The summed E-state index contributed by atoms with van der Waals surface area (Å²) in [6.45, 7) is -0.431. The maximum atomic E-state index is 12.3. The lowest BCUT2D eigenvalue weighted by Gasteiger charge is -2.26. The number of methoxy groups -OCH3 is 1. The van der Waals surface area contributed by atoms with Gasteiger partial charge in [-0.1, -0.05) is 36.4 Å². The Bertz CT molecular complexity index is 958. The van der Waals surface area contributed by atoms with Crippen molar-refractivity contribution in [2.75, 3.05) is 13.7 Å². The normalized spacial score (nSPS) is 15.6. The lowest BCUT2D eigenvalue weighted by molar-refractivity contribution is -0.144. The van der Waals surface area contributed by atoms with E-state index in [4.69, 9.17) is 9.47 Å². The number of esters is 1. The lowest BCUT2D eigenvalue weighted by atomic mass is 9.88. The third-order valence-corrected chi connectivity index (χ3v) is 4.81. The fourth-order valence-electron chi connectivity index (χ4n) is 3.35. The van der Waals surface area contributed by atoms with Crippen molar-refractivity contribution in [3.63, 3.8) is 0 Å². The summed E-state index contributed by atoms with van der Waals surface area (Å²) in [4.78, 5) is 24.4. The quantitative estimate of drug-likeness (QED) is 0.464. The standard InChI is InChI=1S/C23H22N2O4/c1-28-19-11-9-16(10-12-19)13-18(14-24)23(27)29-15-22(26)25-21-8-4-6-17-5-2-3-7-20(17)21/h2-3,5,7,9-13,21H,4,6,8,15H2,1H3,(H,25,26)/b18-13+. The number of benzene rings is 2. The van der Waals surface area contributed by atoms with E-state index in [-0.39, 0.29) is 17.5 Å². The Balaban J connectivity index is 1.57. The second kappa shape index (κ2) is 9.56. The molecule has 0 bridgehead atoms. The van der Waals surface area contributed by atoms with Gasteiger partial charge in [-0.05, 0) is 54.2 Å². The summed E-state index contributed by atoms with van der Waals surface area (Å²) in [5.74, 6) is -0.548. The molecule has 1 N–H and O–H groups in total. The molecule has 1 aliphatic rings. The van der Waals surface area contributed by atoms with Crippen LogP contribution in [0.4, 0.5) is 0 Å². The van der Waals surface area contributed by atoms with E-state index in [1.165, 1.54) is 11.6 Å². The van der Waals surface area contributed by atoms with E-state index in [2.05, 4.69) is 11.4 Å². The summed E-state index contributed by atoms with van der Waals surface area (Å²) >= 11 is 0. The van der Waals surface area contributed by atoms with Crippen LogP contribution in [0.5, 0.6) is 5.75 Å². The van der Waals surface area contributed by atoms with Crippen molar-refractivity contribution in [2.45, 2.75) is 25.3 Å². The summed E-state index contributed by atoms with van der Waals surface area (Å²) in [7, 11) is 1.56. The second-order valence-corrected chi connectivity index (χ2v) is 6.73. The molecule has 6 nitrogen and oxygen atoms in total. The first-order valence-electron chi connectivity index (χ1n) is 9.41. The van der Waals surface area contributed by atoms with Crippen molar-refractivity contribution >= 4 is 18.0 Å². The average Bonchev–Trinajstić information content (AvgIpc) is 2.76. The molecule has 0 saturated heterocycles. The van der Waals surface area contributed by atoms with E-state index in [1.54, 1.807) is 31.4 Å². The highest BCUT2D eigenvalue weighted by Crippen LogP contribution is 2.29. The molecule has 1 amide bonds. The molecule has 0 spiro atoms. The first-order chi connectivity index (χ1) is 14.1. The molecule has 0 aliphatic heterocycles. The van der Waals surface area contributed by atoms with Crippen molar-refractivity contribution in [1.29, 1.82) is 5.26 Å². The van der Waals surface area contributed by atoms with Crippen LogP contribution in [0, 0.1) is 11.3 Å². The number of nitrogens with one attached hydrogen (secondary N) is 1. The molecule has 2 aromatic rings. The van der Waals surface area contributed by atoms with Gasteiger partial charge in [-0.3, -0.25) is 4.79 Å². The van der Waals surface area contributed by atoms with Gasteiger partial charge in [0.25, 0.3) is 5.91 Å². The smallest absolute Gasteiger partial charge is 0.349 e. The Morgan fingerprint density at radius 3 is 2.69 bits per heavy atom. The fraction of sp³-hybridized carbons (Fsp3) is 0.261. The zero-order chi connectivity index (χ0) is 20.6. The topological polar surface area (TPSA) is 88.4 Å². The van der Waals surface area contributed by atoms with Crippen LogP contribution in [0.15, 0.2) is 54.1 Å². The van der Waals surface area contributed by atoms with Crippen LogP contribution in [-0.2, 0) is 20.7 Å². The average molecular weight is 390 g/mol. The second-order valence-electron chi connectivity index (χ2n) is 6.73. The van der Waals surface area contributed by atoms with Crippen molar-refractivity contribution in [2.24, 2.45) is 0 Å². The number of carbonyl (C=O) groups is 2. The highest BCUT2D eigenvalue weighted by atomic mass is 16.5. The highest BCUT2D eigenvalue weighted by Gasteiger charge is 2.22. The van der Waals surface area contributed by atoms with Gasteiger partial charge in [0.15, 0.2) is 6.61 Å². The molecule has 1 atom stereocenters. The maximum Gasteiger partial charge on any atom is 0.349 e. The van der Waals surface area contributed by atoms with Gasteiger partial charge in [-0.15, -0.1) is 0 Å². The Labute approximate surface area is 169 Å². The molecule has 0 fully saturated rings. The Hall–Kier alpha value is -3.59. The van der Waals surface area contributed by atoms with Gasteiger partial charge in [0.2, 0.25) is 0 Å². The molecule has 6 heteroatoms. The minimum Gasteiger partial charge on any atom is -0.497 e. The van der Waals surface area contributed by atoms with Gasteiger partial charge in [-0.2, -0.15) is 5.26 Å². The number of hydrogen-bond donors (Lipinski definition) is 1. The van der Waals surface area contributed by atoms with Crippen LogP contribution < -0.4 is 10.1 Å². The van der Waals surface area contributed by atoms with E-state index in [9.17, 15) is 14.9 Å². The summed E-state index contributed by atoms with van der Waals surface area (Å²) in [6.07, 6.45) is 4.25. The number of hydrogen-bond acceptors (Lipinski definition) is 5. The number of fused-ring (bicyclic) bond motifs is 1. The van der Waals surface area contributed by atoms with Gasteiger partial charge in [0.05, 0.1) is 13.2 Å². The third-order valence-electron chi connectivity index (χ3n) is 4.81. The molecule has 1 unspecified atom stereocenters. The molecule has 0 aromatic heterocycles. The maximum absolute atomic E-state index is 12.3. The number of nitriles is 1. The van der Waals surface area contributed by atoms with Crippen LogP contribution in [0.1, 0.15) is 35.6 Å². The van der Waals surface area contributed by atoms with Crippen molar-refractivity contribution in [3.8, 4) is 11.8 Å². The molecular formula is C23H22N2O4. The van der Waals surface area contributed by atoms with Crippen LogP contribution in [0.25, 0.3) is 6.08 Å². The first kappa shape index (κ1) is 20.2. The minimum atomic E-state index is -0.831. The number of aryl methyl sites for hydroxylation is 1. The van der Waals surface area contributed by atoms with E-state index >= 15 is 0 Å².